The van der Waals surface area contributed by atoms with Crippen LogP contribution in [-0.2, 0) is 12.1 Å². The summed E-state index contributed by atoms with van der Waals surface area (Å²) < 4.78 is 1.84. The molecule has 2 aromatic heterocycles. The summed E-state index contributed by atoms with van der Waals surface area (Å²) in [6.45, 7) is 11.3. The van der Waals surface area contributed by atoms with Crippen LogP contribution in [-0.4, -0.2) is 43.4 Å². The molecule has 0 aliphatic rings. The molecule has 2 heterocycles. The van der Waals surface area contributed by atoms with Crippen LogP contribution in [0.1, 0.15) is 57.1 Å². The number of pyridine rings is 1. The van der Waals surface area contributed by atoms with E-state index in [1.165, 1.54) is 0 Å². The smallest absolute Gasteiger partial charge is 0.257 e. The summed E-state index contributed by atoms with van der Waals surface area (Å²) in [5.74, 6) is 0.775. The van der Waals surface area contributed by atoms with Crippen molar-refractivity contribution in [3.8, 4) is 0 Å². The minimum atomic E-state index is -0.255. The standard InChI is InChI=1S/C21H30N6O2/c1-6-18(19-23-24-25-27(19)21(3,4)5)26(9-10-28)13-16-12-15-11-14(2)7-8-17(15)22-20(16)29/h7-8,11-12,18,28H,6,9-10,13H2,1-5H3,(H,22,29)/p+1/t18-/m0/s1. The first kappa shape index (κ1) is 21.1. The first-order valence-corrected chi connectivity index (χ1v) is 10.1. The van der Waals surface area contributed by atoms with Crippen molar-refractivity contribution >= 4 is 10.9 Å². The number of nitrogens with zero attached hydrogens (tertiary/aromatic N) is 4. The number of aliphatic hydroxyl groups excluding tert-OH is 1. The number of aromatic amines is 1. The molecule has 3 rings (SSSR count). The van der Waals surface area contributed by atoms with Crippen molar-refractivity contribution in [3.63, 3.8) is 0 Å². The van der Waals surface area contributed by atoms with Crippen LogP contribution in [0, 0.1) is 6.92 Å². The van der Waals surface area contributed by atoms with Crippen molar-refractivity contribution in [2.45, 2.75) is 59.2 Å². The van der Waals surface area contributed by atoms with Gasteiger partial charge in [-0.1, -0.05) is 18.6 Å². The third-order valence-corrected chi connectivity index (χ3v) is 5.27. The number of rotatable bonds is 7. The van der Waals surface area contributed by atoms with Gasteiger partial charge in [-0.05, 0) is 61.7 Å². The molecule has 1 unspecified atom stereocenters. The van der Waals surface area contributed by atoms with Gasteiger partial charge in [-0.3, -0.25) is 4.79 Å². The van der Waals surface area contributed by atoms with Crippen LogP contribution in [0.5, 0.6) is 0 Å². The van der Waals surface area contributed by atoms with Crippen LogP contribution >= 0.6 is 0 Å². The second-order valence-corrected chi connectivity index (χ2v) is 8.60. The number of aliphatic hydroxyl groups is 1. The zero-order valence-corrected chi connectivity index (χ0v) is 17.9. The number of aromatic nitrogens is 5. The Bertz CT molecular complexity index is 1030. The van der Waals surface area contributed by atoms with Gasteiger partial charge in [0.2, 0.25) is 5.82 Å². The lowest BCUT2D eigenvalue weighted by atomic mass is 10.1. The van der Waals surface area contributed by atoms with E-state index in [-0.39, 0.29) is 23.7 Å². The summed E-state index contributed by atoms with van der Waals surface area (Å²) in [7, 11) is 0. The monoisotopic (exact) mass is 399 g/mol. The Labute approximate surface area is 170 Å². The topological polar surface area (TPSA) is 101 Å². The molecule has 0 saturated heterocycles. The molecule has 0 radical (unpaired) electrons. The molecule has 1 aromatic carbocycles. The molecule has 8 nitrogen and oxygen atoms in total. The predicted molar refractivity (Wildman–Crippen MR) is 112 cm³/mol. The highest BCUT2D eigenvalue weighted by molar-refractivity contribution is 5.79. The molecule has 29 heavy (non-hydrogen) atoms. The van der Waals surface area contributed by atoms with E-state index in [4.69, 9.17) is 0 Å². The van der Waals surface area contributed by atoms with Gasteiger partial charge in [0.05, 0.1) is 17.7 Å². The van der Waals surface area contributed by atoms with E-state index in [0.717, 1.165) is 33.6 Å². The summed E-state index contributed by atoms with van der Waals surface area (Å²) >= 11 is 0. The van der Waals surface area contributed by atoms with Crippen LogP contribution in [0.4, 0.5) is 0 Å². The summed E-state index contributed by atoms with van der Waals surface area (Å²) in [6.07, 6.45) is 0.788. The fraction of sp³-hybridized carbons (Fsp3) is 0.524. The number of hydrogen-bond donors (Lipinski definition) is 3. The molecule has 8 heteroatoms. The third-order valence-electron chi connectivity index (χ3n) is 5.27. The second-order valence-electron chi connectivity index (χ2n) is 8.60. The quantitative estimate of drug-likeness (QED) is 0.552. The van der Waals surface area contributed by atoms with Gasteiger partial charge in [-0.15, -0.1) is 5.10 Å². The maximum atomic E-state index is 12.7. The number of quaternary nitrogens is 1. The molecule has 2 atom stereocenters. The molecule has 0 fully saturated rings. The first-order valence-electron chi connectivity index (χ1n) is 10.1. The third kappa shape index (κ3) is 4.54. The second kappa shape index (κ2) is 8.42. The van der Waals surface area contributed by atoms with Gasteiger partial charge in [0.25, 0.3) is 5.56 Å². The number of aryl methyl sites for hydroxylation is 1. The van der Waals surface area contributed by atoms with E-state index in [1.807, 2.05) is 29.8 Å². The summed E-state index contributed by atoms with van der Waals surface area (Å²) in [4.78, 5) is 16.8. The first-order chi connectivity index (χ1) is 13.7. The zero-order chi connectivity index (χ0) is 21.2. The van der Waals surface area contributed by atoms with Crippen LogP contribution in [0.25, 0.3) is 10.9 Å². The van der Waals surface area contributed by atoms with Crippen molar-refractivity contribution in [1.29, 1.82) is 0 Å². The predicted octanol–water partition coefficient (Wildman–Crippen LogP) is 1.11. The molecule has 0 aliphatic carbocycles. The molecule has 0 aliphatic heterocycles. The van der Waals surface area contributed by atoms with Gasteiger partial charge in [0.1, 0.15) is 19.1 Å². The molecule has 156 valence electrons. The molecule has 3 aromatic rings. The largest absolute Gasteiger partial charge is 0.391 e. The highest BCUT2D eigenvalue weighted by Crippen LogP contribution is 2.19. The fourth-order valence-electron chi connectivity index (χ4n) is 3.82. The number of tetrazole rings is 1. The van der Waals surface area contributed by atoms with Crippen molar-refractivity contribution in [2.75, 3.05) is 13.2 Å². The van der Waals surface area contributed by atoms with Gasteiger partial charge in [0, 0.05) is 11.9 Å². The maximum absolute atomic E-state index is 12.7. The number of fused-ring (bicyclic) bond motifs is 1. The Hall–Kier alpha value is -2.58. The van der Waals surface area contributed by atoms with E-state index < -0.39 is 0 Å². The average Bonchev–Trinajstić information content (AvgIpc) is 3.13. The SMILES string of the molecule is CC[C@@H](c1nnnn1C(C)(C)C)[NH+](CCO)Cc1cc2cc(C)ccc2[nH]c1=O. The van der Waals surface area contributed by atoms with Crippen molar-refractivity contribution in [1.82, 2.24) is 25.2 Å². The van der Waals surface area contributed by atoms with Gasteiger partial charge < -0.3 is 15.0 Å². The Morgan fingerprint density at radius 1 is 1.28 bits per heavy atom. The average molecular weight is 400 g/mol. The number of benzene rings is 1. The van der Waals surface area contributed by atoms with Crippen molar-refractivity contribution in [3.05, 3.63) is 51.6 Å². The van der Waals surface area contributed by atoms with Crippen molar-refractivity contribution < 1.29 is 10.0 Å². The van der Waals surface area contributed by atoms with Gasteiger partial charge in [0.15, 0.2) is 0 Å². The molecular weight excluding hydrogens is 368 g/mol. The van der Waals surface area contributed by atoms with E-state index in [2.05, 4.69) is 54.3 Å². The Balaban J connectivity index is 1.99. The Morgan fingerprint density at radius 3 is 2.69 bits per heavy atom. The van der Waals surface area contributed by atoms with E-state index >= 15 is 0 Å². The van der Waals surface area contributed by atoms with E-state index in [1.54, 1.807) is 0 Å². The summed E-state index contributed by atoms with van der Waals surface area (Å²) in [6, 6.07) is 7.90. The fourth-order valence-corrected chi connectivity index (χ4v) is 3.82. The van der Waals surface area contributed by atoms with Crippen LogP contribution in [0.15, 0.2) is 29.1 Å². The number of H-pyrrole nitrogens is 1. The van der Waals surface area contributed by atoms with Crippen molar-refractivity contribution in [2.24, 2.45) is 0 Å². The van der Waals surface area contributed by atoms with Crippen LogP contribution in [0.2, 0.25) is 0 Å². The molecule has 0 amide bonds. The highest BCUT2D eigenvalue weighted by Gasteiger charge is 2.32. The molecule has 0 bridgehead atoms. The van der Waals surface area contributed by atoms with Gasteiger partial charge in [-0.25, -0.2) is 4.68 Å². The molecule has 3 N–H and O–H groups in total. The molecule has 0 saturated carbocycles. The lowest BCUT2D eigenvalue weighted by Crippen LogP contribution is -3.11. The summed E-state index contributed by atoms with van der Waals surface area (Å²) in [5, 5.41) is 23.1. The Kier molecular flexibility index (Phi) is 6.14. The van der Waals surface area contributed by atoms with Gasteiger partial charge in [-0.2, -0.15) is 0 Å². The number of nitrogens with one attached hydrogen (secondary N) is 2. The van der Waals surface area contributed by atoms with E-state index in [0.29, 0.717) is 18.7 Å². The number of hydrogen-bond acceptors (Lipinski definition) is 5. The highest BCUT2D eigenvalue weighted by atomic mass is 16.3. The summed E-state index contributed by atoms with van der Waals surface area (Å²) in [5.41, 5.74) is 2.32. The van der Waals surface area contributed by atoms with E-state index in [9.17, 15) is 9.90 Å². The van der Waals surface area contributed by atoms with Gasteiger partial charge >= 0.3 is 0 Å². The Morgan fingerprint density at radius 2 is 2.03 bits per heavy atom. The normalized spacial score (nSPS) is 14.3. The lowest BCUT2D eigenvalue weighted by molar-refractivity contribution is -0.946. The minimum Gasteiger partial charge on any atom is -0.391 e. The molecule has 0 spiro atoms. The van der Waals surface area contributed by atoms with Crippen LogP contribution in [0.3, 0.4) is 0 Å². The zero-order valence-electron chi connectivity index (χ0n) is 17.9. The lowest BCUT2D eigenvalue weighted by Gasteiger charge is -2.29. The maximum Gasteiger partial charge on any atom is 0.257 e. The molecular formula is C21H31N6O2+. The van der Waals surface area contributed by atoms with Crippen LogP contribution < -0.4 is 10.5 Å². The minimum absolute atomic E-state index is 0.0213.